The van der Waals surface area contributed by atoms with Crippen molar-refractivity contribution in [1.82, 2.24) is 4.90 Å². The highest BCUT2D eigenvalue weighted by molar-refractivity contribution is 5.41. The lowest BCUT2D eigenvalue weighted by molar-refractivity contribution is 0.105. The molecule has 100 valence electrons. The first-order chi connectivity index (χ1) is 8.65. The summed E-state index contributed by atoms with van der Waals surface area (Å²) < 4.78 is 5.75. The van der Waals surface area contributed by atoms with Gasteiger partial charge >= 0.3 is 0 Å². The van der Waals surface area contributed by atoms with Crippen LogP contribution in [0.4, 0.5) is 5.69 Å². The number of nitrogen functional groups attached to an aromatic ring is 1. The summed E-state index contributed by atoms with van der Waals surface area (Å²) >= 11 is 0. The molecule has 0 bridgehead atoms. The van der Waals surface area contributed by atoms with E-state index in [-0.39, 0.29) is 0 Å². The summed E-state index contributed by atoms with van der Waals surface area (Å²) in [4.78, 5) is 2.53. The molecule has 2 rings (SSSR count). The van der Waals surface area contributed by atoms with Crippen LogP contribution in [0.1, 0.15) is 26.7 Å². The molecule has 1 aromatic carbocycles. The number of rotatable bonds is 4. The highest BCUT2D eigenvalue weighted by Gasteiger charge is 2.22. The summed E-state index contributed by atoms with van der Waals surface area (Å²) in [5.74, 6) is 1.72. The van der Waals surface area contributed by atoms with Crippen molar-refractivity contribution in [2.45, 2.75) is 32.7 Å². The molecule has 18 heavy (non-hydrogen) atoms. The highest BCUT2D eigenvalue weighted by atomic mass is 16.5. The first kappa shape index (κ1) is 13.2. The zero-order chi connectivity index (χ0) is 13.0. The normalized spacial score (nSPS) is 25.0. The third-order valence-electron chi connectivity index (χ3n) is 3.77. The van der Waals surface area contributed by atoms with Crippen molar-refractivity contribution in [3.05, 3.63) is 24.3 Å². The molecule has 0 saturated carbocycles. The topological polar surface area (TPSA) is 38.5 Å². The van der Waals surface area contributed by atoms with E-state index in [2.05, 4.69) is 18.7 Å². The molecule has 0 radical (unpaired) electrons. The van der Waals surface area contributed by atoms with Crippen molar-refractivity contribution in [3.8, 4) is 5.75 Å². The number of ether oxygens (including phenoxy) is 1. The van der Waals surface area contributed by atoms with Crippen LogP contribution in [-0.4, -0.2) is 30.6 Å². The van der Waals surface area contributed by atoms with Crippen LogP contribution in [-0.2, 0) is 0 Å². The minimum atomic E-state index is 0.691. The summed E-state index contributed by atoms with van der Waals surface area (Å²) in [5, 5.41) is 0. The van der Waals surface area contributed by atoms with Crippen LogP contribution in [0.15, 0.2) is 24.3 Å². The molecule has 1 aliphatic rings. The van der Waals surface area contributed by atoms with Gasteiger partial charge in [0, 0.05) is 24.8 Å². The molecule has 1 saturated heterocycles. The van der Waals surface area contributed by atoms with E-state index >= 15 is 0 Å². The number of benzene rings is 1. The summed E-state index contributed by atoms with van der Waals surface area (Å²) in [6.07, 6.45) is 2.67. The summed E-state index contributed by atoms with van der Waals surface area (Å²) in [6.45, 7) is 7.61. The Morgan fingerprint density at radius 1 is 1.22 bits per heavy atom. The maximum absolute atomic E-state index is 5.75. The van der Waals surface area contributed by atoms with Crippen molar-refractivity contribution in [2.24, 2.45) is 5.92 Å². The highest BCUT2D eigenvalue weighted by Crippen LogP contribution is 2.21. The van der Waals surface area contributed by atoms with E-state index < -0.39 is 0 Å². The molecule has 1 heterocycles. The molecule has 1 fully saturated rings. The zero-order valence-electron chi connectivity index (χ0n) is 11.4. The predicted molar refractivity (Wildman–Crippen MR) is 75.8 cm³/mol. The minimum Gasteiger partial charge on any atom is -0.492 e. The first-order valence-corrected chi connectivity index (χ1v) is 6.87. The summed E-state index contributed by atoms with van der Waals surface area (Å²) in [6, 6.07) is 8.30. The lowest BCUT2D eigenvalue weighted by Crippen LogP contribution is -2.43. The fourth-order valence-corrected chi connectivity index (χ4v) is 2.54. The number of likely N-dealkylation sites (tertiary alicyclic amines) is 1. The number of nitrogens with two attached hydrogens (primary N) is 1. The Morgan fingerprint density at radius 2 is 1.94 bits per heavy atom. The Labute approximate surface area is 110 Å². The maximum Gasteiger partial charge on any atom is 0.119 e. The van der Waals surface area contributed by atoms with E-state index in [1.165, 1.54) is 19.4 Å². The van der Waals surface area contributed by atoms with Gasteiger partial charge in [0.15, 0.2) is 0 Å². The number of hydrogen-bond acceptors (Lipinski definition) is 3. The molecule has 3 heteroatoms. The average Bonchev–Trinajstić information content (AvgIpc) is 2.36. The van der Waals surface area contributed by atoms with Gasteiger partial charge in [-0.05, 0) is 49.9 Å². The first-order valence-electron chi connectivity index (χ1n) is 6.87. The van der Waals surface area contributed by atoms with Crippen molar-refractivity contribution >= 4 is 5.69 Å². The molecule has 2 atom stereocenters. The van der Waals surface area contributed by atoms with Gasteiger partial charge in [0.25, 0.3) is 0 Å². The van der Waals surface area contributed by atoms with Crippen LogP contribution in [0.2, 0.25) is 0 Å². The Balaban J connectivity index is 1.76. The fraction of sp³-hybridized carbons (Fsp3) is 0.600. The van der Waals surface area contributed by atoms with Crippen molar-refractivity contribution in [3.63, 3.8) is 0 Å². The SMILES string of the molecule is CC1CCC(C)N(CCOc2ccc(N)cc2)C1. The van der Waals surface area contributed by atoms with Crippen molar-refractivity contribution in [1.29, 1.82) is 0 Å². The van der Waals surface area contributed by atoms with Crippen molar-refractivity contribution < 1.29 is 4.74 Å². The van der Waals surface area contributed by atoms with E-state index in [0.29, 0.717) is 6.04 Å². The lowest BCUT2D eigenvalue weighted by Gasteiger charge is -2.36. The second kappa shape index (κ2) is 6.10. The van der Waals surface area contributed by atoms with Crippen LogP contribution in [0, 0.1) is 5.92 Å². The van der Waals surface area contributed by atoms with Gasteiger partial charge in [-0.15, -0.1) is 0 Å². The van der Waals surface area contributed by atoms with Gasteiger partial charge in [-0.1, -0.05) is 6.92 Å². The molecule has 0 spiro atoms. The Morgan fingerprint density at radius 3 is 2.67 bits per heavy atom. The van der Waals surface area contributed by atoms with Gasteiger partial charge in [0.1, 0.15) is 12.4 Å². The van der Waals surface area contributed by atoms with Crippen LogP contribution in [0.3, 0.4) is 0 Å². The number of hydrogen-bond donors (Lipinski definition) is 1. The van der Waals surface area contributed by atoms with E-state index in [1.807, 2.05) is 24.3 Å². The van der Waals surface area contributed by atoms with Gasteiger partial charge < -0.3 is 10.5 Å². The van der Waals surface area contributed by atoms with Gasteiger partial charge in [-0.25, -0.2) is 0 Å². The Bertz CT molecular complexity index is 363. The van der Waals surface area contributed by atoms with E-state index in [0.717, 1.165) is 30.5 Å². The van der Waals surface area contributed by atoms with Gasteiger partial charge in [0.2, 0.25) is 0 Å². The minimum absolute atomic E-state index is 0.691. The average molecular weight is 248 g/mol. The molecule has 1 aliphatic heterocycles. The van der Waals surface area contributed by atoms with Crippen LogP contribution in [0.5, 0.6) is 5.75 Å². The van der Waals surface area contributed by atoms with Crippen LogP contribution >= 0.6 is 0 Å². The molecular weight excluding hydrogens is 224 g/mol. The fourth-order valence-electron chi connectivity index (χ4n) is 2.54. The molecule has 1 aromatic rings. The molecule has 0 aliphatic carbocycles. The summed E-state index contributed by atoms with van der Waals surface area (Å²) in [7, 11) is 0. The Hall–Kier alpha value is -1.22. The second-order valence-electron chi connectivity index (χ2n) is 5.44. The quantitative estimate of drug-likeness (QED) is 0.833. The number of nitrogens with zero attached hydrogens (tertiary/aromatic N) is 1. The lowest BCUT2D eigenvalue weighted by atomic mass is 9.95. The van der Waals surface area contributed by atoms with Crippen LogP contribution < -0.4 is 10.5 Å². The predicted octanol–water partition coefficient (Wildman–Crippen LogP) is 2.77. The monoisotopic (exact) mass is 248 g/mol. The number of anilines is 1. The van der Waals surface area contributed by atoms with Gasteiger partial charge in [0.05, 0.1) is 0 Å². The van der Waals surface area contributed by atoms with Crippen molar-refractivity contribution in [2.75, 3.05) is 25.4 Å². The zero-order valence-corrected chi connectivity index (χ0v) is 11.4. The third-order valence-corrected chi connectivity index (χ3v) is 3.77. The smallest absolute Gasteiger partial charge is 0.119 e. The molecule has 2 N–H and O–H groups in total. The van der Waals surface area contributed by atoms with Gasteiger partial charge in [-0.2, -0.15) is 0 Å². The maximum atomic E-state index is 5.75. The third kappa shape index (κ3) is 3.64. The molecular formula is C15H24N2O. The largest absolute Gasteiger partial charge is 0.492 e. The second-order valence-corrected chi connectivity index (χ2v) is 5.44. The van der Waals surface area contributed by atoms with E-state index in [1.54, 1.807) is 0 Å². The standard InChI is InChI=1S/C15H24N2O/c1-12-3-4-13(2)17(11-12)9-10-18-15-7-5-14(16)6-8-15/h5-8,12-13H,3-4,9-11,16H2,1-2H3. The Kier molecular flexibility index (Phi) is 4.48. The molecule has 0 aromatic heterocycles. The van der Waals surface area contributed by atoms with E-state index in [4.69, 9.17) is 10.5 Å². The molecule has 3 nitrogen and oxygen atoms in total. The summed E-state index contributed by atoms with van der Waals surface area (Å²) in [5.41, 5.74) is 6.42. The van der Waals surface area contributed by atoms with Crippen LogP contribution in [0.25, 0.3) is 0 Å². The molecule has 0 amide bonds. The molecule has 2 unspecified atom stereocenters. The van der Waals surface area contributed by atoms with Gasteiger partial charge in [-0.3, -0.25) is 4.90 Å². The number of piperidine rings is 1. The van der Waals surface area contributed by atoms with E-state index in [9.17, 15) is 0 Å².